The maximum absolute atomic E-state index is 12.5. The van der Waals surface area contributed by atoms with Crippen molar-refractivity contribution < 1.29 is 20.1 Å². The summed E-state index contributed by atoms with van der Waals surface area (Å²) in [7, 11) is 0. The molecule has 3 N–H and O–H groups in total. The molecule has 198 valence electrons. The molecule has 4 heteroatoms. The number of hydrogen-bond acceptors (Lipinski definition) is 3. The molecule has 36 heavy (non-hydrogen) atoms. The van der Waals surface area contributed by atoms with Crippen LogP contribution in [0.1, 0.15) is 119 Å². The molecule has 1 aromatic carbocycles. The molecule has 1 aliphatic rings. The highest BCUT2D eigenvalue weighted by molar-refractivity contribution is 5.94. The molecule has 0 aliphatic heterocycles. The average Bonchev–Trinajstić information content (AvgIpc) is 2.78. The Labute approximate surface area is 218 Å². The van der Waals surface area contributed by atoms with Gasteiger partial charge in [-0.2, -0.15) is 0 Å². The maximum Gasteiger partial charge on any atom is 0.339 e. The summed E-state index contributed by atoms with van der Waals surface area (Å²) in [5.74, 6) is -1.66. The Balaban J connectivity index is 2.71. The van der Waals surface area contributed by atoms with Gasteiger partial charge in [0.05, 0.1) is 0 Å². The molecule has 4 nitrogen and oxygen atoms in total. The number of aromatic hydroxyl groups is 2. The van der Waals surface area contributed by atoms with Gasteiger partial charge in [-0.3, -0.25) is 0 Å². The lowest BCUT2D eigenvalue weighted by Crippen LogP contribution is -2.19. The van der Waals surface area contributed by atoms with Crippen LogP contribution >= 0.6 is 0 Å². The van der Waals surface area contributed by atoms with Crippen LogP contribution in [0.25, 0.3) is 0 Å². The first-order valence-electron chi connectivity index (χ1n) is 13.4. The van der Waals surface area contributed by atoms with Gasteiger partial charge in [0.15, 0.2) is 0 Å². The smallest absolute Gasteiger partial charge is 0.339 e. The number of benzene rings is 1. The number of aromatic carboxylic acids is 1. The Morgan fingerprint density at radius 1 is 1.08 bits per heavy atom. The minimum absolute atomic E-state index is 0.0345. The van der Waals surface area contributed by atoms with Gasteiger partial charge in [-0.25, -0.2) is 4.79 Å². The molecule has 1 aromatic rings. The first kappa shape index (κ1) is 29.5. The van der Waals surface area contributed by atoms with Crippen LogP contribution in [-0.2, 0) is 12.8 Å². The minimum atomic E-state index is -1.14. The predicted molar refractivity (Wildman–Crippen MR) is 150 cm³/mol. The van der Waals surface area contributed by atoms with E-state index in [-0.39, 0.29) is 28.9 Å². The van der Waals surface area contributed by atoms with Gasteiger partial charge in [0.2, 0.25) is 0 Å². The Morgan fingerprint density at radius 3 is 2.36 bits per heavy atom. The first-order chi connectivity index (χ1) is 17.0. The van der Waals surface area contributed by atoms with Crippen LogP contribution in [-0.4, -0.2) is 21.3 Å². The molecule has 0 unspecified atom stereocenters. The van der Waals surface area contributed by atoms with E-state index in [2.05, 4.69) is 52.5 Å². The molecule has 0 bridgehead atoms. The summed E-state index contributed by atoms with van der Waals surface area (Å²) >= 11 is 0. The second kappa shape index (κ2) is 13.5. The van der Waals surface area contributed by atoms with Crippen LogP contribution in [0.3, 0.4) is 0 Å². The predicted octanol–water partition coefficient (Wildman–Crippen LogP) is 8.78. The summed E-state index contributed by atoms with van der Waals surface area (Å²) in [6.07, 6.45) is 13.8. The lowest BCUT2D eigenvalue weighted by atomic mass is 9.72. The zero-order valence-electron chi connectivity index (χ0n) is 23.2. The van der Waals surface area contributed by atoms with E-state index in [0.717, 1.165) is 50.5 Å². The van der Waals surface area contributed by atoms with E-state index in [1.807, 2.05) is 13.8 Å². The average molecular weight is 495 g/mol. The Morgan fingerprint density at radius 2 is 1.78 bits per heavy atom. The quantitative estimate of drug-likeness (QED) is 0.200. The lowest BCUT2D eigenvalue weighted by molar-refractivity contribution is 0.0692. The molecule has 0 radical (unpaired) electrons. The zero-order chi connectivity index (χ0) is 27.0. The van der Waals surface area contributed by atoms with Gasteiger partial charge in [0, 0.05) is 17.0 Å². The SMILES string of the molecule is C=C(C)[C@@H]1CCC(C)=C[C@H]1c1c(O)c(CC=C(C)CCC=C(C)C)c(CCCCC)c(C(=O)O)c1O. The van der Waals surface area contributed by atoms with Crippen molar-refractivity contribution in [3.8, 4) is 11.5 Å². The van der Waals surface area contributed by atoms with Gasteiger partial charge in [-0.1, -0.05) is 66.9 Å². The summed E-state index contributed by atoms with van der Waals surface area (Å²) in [4.78, 5) is 12.5. The van der Waals surface area contributed by atoms with Crippen LogP contribution in [0.2, 0.25) is 0 Å². The summed E-state index contributed by atoms with van der Waals surface area (Å²) in [6.45, 7) is 16.5. The highest BCUT2D eigenvalue weighted by atomic mass is 16.4. The van der Waals surface area contributed by atoms with Crippen LogP contribution < -0.4 is 0 Å². The summed E-state index contributed by atoms with van der Waals surface area (Å²) in [5.41, 5.74) is 6.12. The highest BCUT2D eigenvalue weighted by Crippen LogP contribution is 2.50. The van der Waals surface area contributed by atoms with Crippen LogP contribution in [0.4, 0.5) is 0 Å². The van der Waals surface area contributed by atoms with Crippen molar-refractivity contribution in [3.63, 3.8) is 0 Å². The Bertz CT molecular complexity index is 1050. The molecular weight excluding hydrogens is 448 g/mol. The van der Waals surface area contributed by atoms with Crippen molar-refractivity contribution in [2.24, 2.45) is 5.92 Å². The van der Waals surface area contributed by atoms with E-state index >= 15 is 0 Å². The molecule has 0 amide bonds. The van der Waals surface area contributed by atoms with Gasteiger partial charge in [-0.15, -0.1) is 0 Å². The molecule has 0 saturated carbocycles. The van der Waals surface area contributed by atoms with Gasteiger partial charge in [0.1, 0.15) is 17.1 Å². The summed E-state index contributed by atoms with van der Waals surface area (Å²) in [6, 6.07) is 0. The van der Waals surface area contributed by atoms with E-state index in [4.69, 9.17) is 0 Å². The highest BCUT2D eigenvalue weighted by Gasteiger charge is 2.35. The van der Waals surface area contributed by atoms with Gasteiger partial charge in [0.25, 0.3) is 0 Å². The van der Waals surface area contributed by atoms with Crippen molar-refractivity contribution in [3.05, 3.63) is 69.4 Å². The fraction of sp³-hybridized carbons (Fsp3) is 0.531. The molecule has 2 atom stereocenters. The number of carboxylic acids is 1. The number of carboxylic acid groups (broad SMARTS) is 1. The van der Waals surface area contributed by atoms with E-state index in [1.165, 1.54) is 16.7 Å². The van der Waals surface area contributed by atoms with Crippen molar-refractivity contribution in [1.29, 1.82) is 0 Å². The minimum Gasteiger partial charge on any atom is -0.507 e. The monoisotopic (exact) mass is 494 g/mol. The van der Waals surface area contributed by atoms with Gasteiger partial charge < -0.3 is 15.3 Å². The molecule has 0 aromatic heterocycles. The van der Waals surface area contributed by atoms with Crippen LogP contribution in [0, 0.1) is 5.92 Å². The maximum atomic E-state index is 12.5. The van der Waals surface area contributed by atoms with Crippen molar-refractivity contribution >= 4 is 5.97 Å². The van der Waals surface area contributed by atoms with E-state index < -0.39 is 5.97 Å². The molecule has 2 rings (SSSR count). The number of unbranched alkanes of at least 4 members (excludes halogenated alkanes) is 2. The number of carbonyl (C=O) groups is 1. The van der Waals surface area contributed by atoms with Crippen molar-refractivity contribution in [2.45, 2.75) is 105 Å². The van der Waals surface area contributed by atoms with Gasteiger partial charge in [-0.05, 0) is 91.0 Å². The van der Waals surface area contributed by atoms with E-state index in [0.29, 0.717) is 29.5 Å². The second-order valence-corrected chi connectivity index (χ2v) is 10.8. The third-order valence-corrected chi connectivity index (χ3v) is 7.40. The largest absolute Gasteiger partial charge is 0.507 e. The van der Waals surface area contributed by atoms with Crippen molar-refractivity contribution in [1.82, 2.24) is 0 Å². The molecule has 0 heterocycles. The Kier molecular flexibility index (Phi) is 11.1. The van der Waals surface area contributed by atoms with E-state index in [1.54, 1.807) is 0 Å². The topological polar surface area (TPSA) is 77.8 Å². The number of allylic oxidation sites excluding steroid dienone is 7. The summed E-state index contributed by atoms with van der Waals surface area (Å²) < 4.78 is 0. The van der Waals surface area contributed by atoms with Crippen LogP contribution in [0.5, 0.6) is 11.5 Å². The molecule has 0 spiro atoms. The number of rotatable bonds is 12. The van der Waals surface area contributed by atoms with Crippen molar-refractivity contribution in [2.75, 3.05) is 0 Å². The molecule has 1 aliphatic carbocycles. The first-order valence-corrected chi connectivity index (χ1v) is 13.4. The fourth-order valence-corrected chi connectivity index (χ4v) is 5.31. The summed E-state index contributed by atoms with van der Waals surface area (Å²) in [5, 5.41) is 33.2. The van der Waals surface area contributed by atoms with E-state index in [9.17, 15) is 20.1 Å². The third-order valence-electron chi connectivity index (χ3n) is 7.40. The third kappa shape index (κ3) is 7.38. The molecule has 0 saturated heterocycles. The molecular formula is C32H46O4. The lowest BCUT2D eigenvalue weighted by Gasteiger charge is -2.32. The number of hydrogen-bond donors (Lipinski definition) is 3. The van der Waals surface area contributed by atoms with Crippen LogP contribution in [0.15, 0.2) is 47.1 Å². The zero-order valence-corrected chi connectivity index (χ0v) is 23.2. The second-order valence-electron chi connectivity index (χ2n) is 10.8. The number of phenols is 2. The van der Waals surface area contributed by atoms with Gasteiger partial charge >= 0.3 is 5.97 Å². The normalized spacial score (nSPS) is 18.1. The molecule has 0 fully saturated rings. The number of phenolic OH excluding ortho intramolecular Hbond substituents is 1. The standard InChI is InChI=1S/C32H46O4/c1-8-9-10-14-25-26(18-15-22(6)13-11-12-20(2)3)30(33)28(31(34)29(25)32(35)36)27-19-23(7)16-17-24(27)21(4)5/h12,15,19,24,27,33-34H,4,8-11,13-14,16-18H2,1-3,5-7H3,(H,35,36)/t24-,27+/m0/s1. The fourth-order valence-electron chi connectivity index (χ4n) is 5.31. The Hall–Kier alpha value is -2.75.